The number of halogens is 3. The minimum atomic E-state index is -0.290. The summed E-state index contributed by atoms with van der Waals surface area (Å²) in [5.41, 5.74) is 1.65. The fourth-order valence-corrected chi connectivity index (χ4v) is 3.51. The monoisotopic (exact) mass is 388 g/mol. The molecule has 0 unspecified atom stereocenters. The van der Waals surface area contributed by atoms with Gasteiger partial charge in [0.15, 0.2) is 0 Å². The third-order valence-corrected chi connectivity index (χ3v) is 4.68. The standard InChI is InChI=1S/C16H15Cl3N2OS/c17-12-7-13(18)9-14(8-12)21-16(22)20-5-6-23-10-11-3-1-2-4-15(11)19/h1-4,7-9H,5-6,10H2,(H2,20,21,22). The number of urea groups is 1. The Bertz CT molecular complexity index is 662. The fourth-order valence-electron chi connectivity index (χ4n) is 1.84. The molecule has 2 amide bonds. The number of carbonyl (C=O) groups is 1. The molecule has 2 aromatic carbocycles. The highest BCUT2D eigenvalue weighted by Gasteiger charge is 2.04. The van der Waals surface area contributed by atoms with Gasteiger partial charge in [-0.2, -0.15) is 11.8 Å². The Kier molecular flexibility index (Phi) is 7.37. The second-order valence-electron chi connectivity index (χ2n) is 4.68. The van der Waals surface area contributed by atoms with E-state index in [0.717, 1.165) is 22.1 Å². The predicted octanol–water partition coefficient (Wildman–Crippen LogP) is 5.70. The molecule has 0 radical (unpaired) electrons. The Labute approximate surface area is 154 Å². The Morgan fingerprint density at radius 3 is 2.43 bits per heavy atom. The Hall–Kier alpha value is -1.07. The normalized spacial score (nSPS) is 10.4. The van der Waals surface area contributed by atoms with Gasteiger partial charge >= 0.3 is 6.03 Å². The van der Waals surface area contributed by atoms with Gasteiger partial charge in [0.2, 0.25) is 0 Å². The number of thioether (sulfide) groups is 1. The van der Waals surface area contributed by atoms with E-state index in [1.54, 1.807) is 30.0 Å². The van der Waals surface area contributed by atoms with Crippen molar-refractivity contribution in [3.8, 4) is 0 Å². The maximum atomic E-state index is 11.8. The first-order valence-corrected chi connectivity index (χ1v) is 9.15. The first-order valence-electron chi connectivity index (χ1n) is 6.86. The molecule has 0 aliphatic rings. The highest BCUT2D eigenvalue weighted by atomic mass is 35.5. The van der Waals surface area contributed by atoms with Gasteiger partial charge in [0.05, 0.1) is 0 Å². The molecule has 3 nitrogen and oxygen atoms in total. The maximum Gasteiger partial charge on any atom is 0.319 e. The molecule has 0 spiro atoms. The number of hydrogen-bond acceptors (Lipinski definition) is 2. The van der Waals surface area contributed by atoms with E-state index < -0.39 is 0 Å². The molecule has 0 aromatic heterocycles. The van der Waals surface area contributed by atoms with Crippen LogP contribution in [0, 0.1) is 0 Å². The number of amides is 2. The Morgan fingerprint density at radius 1 is 1.04 bits per heavy atom. The molecule has 7 heteroatoms. The minimum Gasteiger partial charge on any atom is -0.337 e. The van der Waals surface area contributed by atoms with Crippen molar-refractivity contribution in [3.63, 3.8) is 0 Å². The summed E-state index contributed by atoms with van der Waals surface area (Å²) in [7, 11) is 0. The molecule has 2 rings (SSSR count). The number of anilines is 1. The summed E-state index contributed by atoms with van der Waals surface area (Å²) in [5, 5.41) is 7.19. The van der Waals surface area contributed by atoms with Crippen LogP contribution in [-0.4, -0.2) is 18.3 Å². The number of rotatable bonds is 6. The SMILES string of the molecule is O=C(NCCSCc1ccccc1Cl)Nc1cc(Cl)cc(Cl)c1. The smallest absolute Gasteiger partial charge is 0.319 e. The lowest BCUT2D eigenvalue weighted by Crippen LogP contribution is -2.30. The summed E-state index contributed by atoms with van der Waals surface area (Å²) in [6, 6.07) is 12.3. The topological polar surface area (TPSA) is 41.1 Å². The van der Waals surface area contributed by atoms with E-state index in [0.29, 0.717) is 22.3 Å². The molecule has 0 fully saturated rings. The van der Waals surface area contributed by atoms with Gasteiger partial charge in [0.25, 0.3) is 0 Å². The molecular formula is C16H15Cl3N2OS. The van der Waals surface area contributed by atoms with Gasteiger partial charge in [-0.05, 0) is 29.8 Å². The molecule has 0 aliphatic carbocycles. The number of nitrogens with one attached hydrogen (secondary N) is 2. The molecular weight excluding hydrogens is 375 g/mol. The van der Waals surface area contributed by atoms with Gasteiger partial charge in [-0.3, -0.25) is 0 Å². The van der Waals surface area contributed by atoms with E-state index in [1.807, 2.05) is 24.3 Å². The van der Waals surface area contributed by atoms with Crippen LogP contribution in [0.1, 0.15) is 5.56 Å². The lowest BCUT2D eigenvalue weighted by atomic mass is 10.2. The third kappa shape index (κ3) is 6.51. The van der Waals surface area contributed by atoms with E-state index in [4.69, 9.17) is 34.8 Å². The predicted molar refractivity (Wildman–Crippen MR) is 101 cm³/mol. The zero-order chi connectivity index (χ0) is 16.7. The van der Waals surface area contributed by atoms with E-state index in [-0.39, 0.29) is 6.03 Å². The summed E-state index contributed by atoms with van der Waals surface area (Å²) in [6.45, 7) is 0.551. The van der Waals surface area contributed by atoms with Crippen molar-refractivity contribution in [2.75, 3.05) is 17.6 Å². The molecule has 2 N–H and O–H groups in total. The zero-order valence-electron chi connectivity index (χ0n) is 12.1. The summed E-state index contributed by atoms with van der Waals surface area (Å²) in [5.74, 6) is 1.60. The minimum absolute atomic E-state index is 0.290. The van der Waals surface area contributed by atoms with Crippen LogP contribution in [-0.2, 0) is 5.75 Å². The van der Waals surface area contributed by atoms with Crippen LogP contribution in [0.25, 0.3) is 0 Å². The lowest BCUT2D eigenvalue weighted by molar-refractivity contribution is 0.252. The molecule has 0 heterocycles. The van der Waals surface area contributed by atoms with Gasteiger partial charge in [-0.25, -0.2) is 4.79 Å². The quantitative estimate of drug-likeness (QED) is 0.622. The molecule has 23 heavy (non-hydrogen) atoms. The molecule has 0 saturated heterocycles. The highest BCUT2D eigenvalue weighted by Crippen LogP contribution is 2.22. The second-order valence-corrected chi connectivity index (χ2v) is 7.07. The van der Waals surface area contributed by atoms with Crippen molar-refractivity contribution in [2.45, 2.75) is 5.75 Å². The molecule has 0 atom stereocenters. The molecule has 0 saturated carbocycles. The third-order valence-electron chi connectivity index (χ3n) is 2.87. The number of carbonyl (C=O) groups excluding carboxylic acids is 1. The Balaban J connectivity index is 1.68. The molecule has 122 valence electrons. The van der Waals surface area contributed by atoms with Crippen molar-refractivity contribution < 1.29 is 4.79 Å². The van der Waals surface area contributed by atoms with Gasteiger partial charge in [0.1, 0.15) is 0 Å². The van der Waals surface area contributed by atoms with Gasteiger partial charge in [0, 0.05) is 38.8 Å². The van der Waals surface area contributed by atoms with Crippen LogP contribution in [0.2, 0.25) is 15.1 Å². The lowest BCUT2D eigenvalue weighted by Gasteiger charge is -2.08. The van der Waals surface area contributed by atoms with Crippen LogP contribution in [0.4, 0.5) is 10.5 Å². The van der Waals surface area contributed by atoms with E-state index >= 15 is 0 Å². The van der Waals surface area contributed by atoms with Crippen molar-refractivity contribution in [1.82, 2.24) is 5.32 Å². The van der Waals surface area contributed by atoms with Crippen molar-refractivity contribution in [1.29, 1.82) is 0 Å². The number of benzene rings is 2. The largest absolute Gasteiger partial charge is 0.337 e. The summed E-state index contributed by atoms with van der Waals surface area (Å²) < 4.78 is 0. The van der Waals surface area contributed by atoms with Crippen molar-refractivity contribution >= 4 is 58.3 Å². The number of hydrogen-bond donors (Lipinski definition) is 2. The maximum absolute atomic E-state index is 11.8. The molecule has 0 bridgehead atoms. The van der Waals surface area contributed by atoms with Gasteiger partial charge < -0.3 is 10.6 Å². The first-order chi connectivity index (χ1) is 11.0. The first kappa shape index (κ1) is 18.3. The van der Waals surface area contributed by atoms with E-state index in [9.17, 15) is 4.79 Å². The molecule has 0 aliphatic heterocycles. The van der Waals surface area contributed by atoms with Gasteiger partial charge in [-0.15, -0.1) is 0 Å². The van der Waals surface area contributed by atoms with Crippen molar-refractivity contribution in [2.24, 2.45) is 0 Å². The van der Waals surface area contributed by atoms with Crippen LogP contribution in [0.5, 0.6) is 0 Å². The van der Waals surface area contributed by atoms with Crippen LogP contribution in [0.15, 0.2) is 42.5 Å². The second kappa shape index (κ2) is 9.28. The summed E-state index contributed by atoms with van der Waals surface area (Å²) >= 11 is 19.6. The highest BCUT2D eigenvalue weighted by molar-refractivity contribution is 7.98. The van der Waals surface area contributed by atoms with Gasteiger partial charge in [-0.1, -0.05) is 53.0 Å². The van der Waals surface area contributed by atoms with E-state index in [2.05, 4.69) is 10.6 Å². The van der Waals surface area contributed by atoms with Crippen LogP contribution >= 0.6 is 46.6 Å². The zero-order valence-corrected chi connectivity index (χ0v) is 15.2. The average molecular weight is 390 g/mol. The van der Waals surface area contributed by atoms with E-state index in [1.165, 1.54) is 0 Å². The summed E-state index contributed by atoms with van der Waals surface area (Å²) in [6.07, 6.45) is 0. The fraction of sp³-hybridized carbons (Fsp3) is 0.188. The Morgan fingerprint density at radius 2 is 1.74 bits per heavy atom. The van der Waals surface area contributed by atoms with Crippen molar-refractivity contribution in [3.05, 3.63) is 63.1 Å². The van der Waals surface area contributed by atoms with Crippen LogP contribution in [0.3, 0.4) is 0 Å². The van der Waals surface area contributed by atoms with Crippen LogP contribution < -0.4 is 10.6 Å². The average Bonchev–Trinajstić information content (AvgIpc) is 2.47. The summed E-state index contributed by atoms with van der Waals surface area (Å²) in [4.78, 5) is 11.8. The molecule has 2 aromatic rings.